The molecule has 3 fully saturated rings. The second-order valence-corrected chi connectivity index (χ2v) is 6.64. The van der Waals surface area contributed by atoms with Crippen LogP contribution < -0.4 is 5.32 Å². The van der Waals surface area contributed by atoms with E-state index in [1.165, 1.54) is 25.7 Å². The van der Waals surface area contributed by atoms with Gasteiger partial charge in [0.25, 0.3) is 0 Å². The van der Waals surface area contributed by atoms with Crippen LogP contribution in [0.1, 0.15) is 64.7 Å². The molecule has 0 spiro atoms. The summed E-state index contributed by atoms with van der Waals surface area (Å²) in [5.74, 6) is 0.694. The van der Waals surface area contributed by atoms with Gasteiger partial charge in [-0.3, -0.25) is 9.59 Å². The Hall–Kier alpha value is -1.06. The van der Waals surface area contributed by atoms with Gasteiger partial charge in [-0.15, -0.1) is 0 Å². The highest BCUT2D eigenvalue weighted by molar-refractivity contribution is 5.97. The first-order valence-corrected chi connectivity index (χ1v) is 8.35. The van der Waals surface area contributed by atoms with Crippen LogP contribution in [0.15, 0.2) is 0 Å². The van der Waals surface area contributed by atoms with Crippen molar-refractivity contribution >= 4 is 11.8 Å². The van der Waals surface area contributed by atoms with Crippen LogP contribution in [0.5, 0.6) is 0 Å². The van der Waals surface area contributed by atoms with Crippen molar-refractivity contribution in [3.05, 3.63) is 0 Å². The van der Waals surface area contributed by atoms with E-state index in [0.717, 1.165) is 25.7 Å². The highest BCUT2D eigenvalue weighted by Gasteiger charge is 2.49. The van der Waals surface area contributed by atoms with Gasteiger partial charge in [0.1, 0.15) is 12.1 Å². The van der Waals surface area contributed by atoms with Crippen LogP contribution >= 0.6 is 0 Å². The predicted octanol–water partition coefficient (Wildman–Crippen LogP) is 2.22. The lowest BCUT2D eigenvalue weighted by Crippen LogP contribution is -2.66. The number of rotatable bonds is 3. The molecule has 2 saturated carbocycles. The van der Waals surface area contributed by atoms with Gasteiger partial charge in [-0.2, -0.15) is 0 Å². The van der Waals surface area contributed by atoms with Crippen LogP contribution in [0.25, 0.3) is 0 Å². The van der Waals surface area contributed by atoms with Crippen molar-refractivity contribution in [2.45, 2.75) is 82.8 Å². The highest BCUT2D eigenvalue weighted by Crippen LogP contribution is 2.39. The molecule has 2 atom stereocenters. The number of piperazine rings is 1. The lowest BCUT2D eigenvalue weighted by Gasteiger charge is -2.43. The molecular formula is C16H26N2O2. The van der Waals surface area contributed by atoms with Gasteiger partial charge < -0.3 is 10.2 Å². The Morgan fingerprint density at radius 3 is 2.25 bits per heavy atom. The summed E-state index contributed by atoms with van der Waals surface area (Å²) in [7, 11) is 0. The maximum absolute atomic E-state index is 12.8. The Balaban J connectivity index is 1.84. The Morgan fingerprint density at radius 2 is 1.70 bits per heavy atom. The quantitative estimate of drug-likeness (QED) is 0.805. The third kappa shape index (κ3) is 2.57. The normalized spacial score (nSPS) is 33.0. The molecule has 0 aromatic rings. The Bertz CT molecular complexity index is 384. The third-order valence-corrected chi connectivity index (χ3v) is 5.13. The van der Waals surface area contributed by atoms with Crippen molar-refractivity contribution in [3.63, 3.8) is 0 Å². The molecule has 3 aliphatic rings. The molecule has 0 aromatic heterocycles. The SMILES string of the molecule is CCC1NC(=O)C(C2CC2)N(C2CCCCCC2)C1=O. The molecule has 0 radical (unpaired) electrons. The molecule has 1 N–H and O–H groups in total. The van der Waals surface area contributed by atoms with Gasteiger partial charge in [0.15, 0.2) is 0 Å². The van der Waals surface area contributed by atoms with Crippen LogP contribution in [-0.4, -0.2) is 34.8 Å². The second-order valence-electron chi connectivity index (χ2n) is 6.64. The first kappa shape index (κ1) is 13.9. The zero-order chi connectivity index (χ0) is 14.1. The Labute approximate surface area is 121 Å². The maximum atomic E-state index is 12.8. The first-order chi connectivity index (χ1) is 9.72. The number of amides is 2. The summed E-state index contributed by atoms with van der Waals surface area (Å²) in [4.78, 5) is 27.2. The molecule has 0 aromatic carbocycles. The molecule has 112 valence electrons. The summed E-state index contributed by atoms with van der Waals surface area (Å²) in [6.45, 7) is 1.98. The van der Waals surface area contributed by atoms with E-state index < -0.39 is 0 Å². The summed E-state index contributed by atoms with van der Waals surface area (Å²) in [5.41, 5.74) is 0. The first-order valence-electron chi connectivity index (χ1n) is 8.35. The number of nitrogens with one attached hydrogen (secondary N) is 1. The van der Waals surface area contributed by atoms with Crippen molar-refractivity contribution in [3.8, 4) is 0 Å². The minimum atomic E-state index is -0.291. The second kappa shape index (κ2) is 5.74. The molecule has 3 rings (SSSR count). The molecule has 2 unspecified atom stereocenters. The van der Waals surface area contributed by atoms with Crippen LogP contribution in [0.4, 0.5) is 0 Å². The van der Waals surface area contributed by atoms with Crippen LogP contribution in [0, 0.1) is 5.92 Å². The Morgan fingerprint density at radius 1 is 1.05 bits per heavy atom. The fourth-order valence-corrected chi connectivity index (χ4v) is 3.84. The van der Waals surface area contributed by atoms with E-state index in [0.29, 0.717) is 18.4 Å². The molecular weight excluding hydrogens is 252 g/mol. The lowest BCUT2D eigenvalue weighted by atomic mass is 9.96. The van der Waals surface area contributed by atoms with E-state index in [-0.39, 0.29) is 23.9 Å². The summed E-state index contributed by atoms with van der Waals surface area (Å²) < 4.78 is 0. The van der Waals surface area contributed by atoms with E-state index >= 15 is 0 Å². The summed E-state index contributed by atoms with van der Waals surface area (Å²) in [5, 5.41) is 2.94. The van der Waals surface area contributed by atoms with Gasteiger partial charge in [0.2, 0.25) is 11.8 Å². The monoisotopic (exact) mass is 278 g/mol. The van der Waals surface area contributed by atoms with E-state index in [9.17, 15) is 9.59 Å². The molecule has 1 aliphatic heterocycles. The number of carbonyl (C=O) groups excluding carboxylic acids is 2. The van der Waals surface area contributed by atoms with Crippen molar-refractivity contribution in [2.24, 2.45) is 5.92 Å². The third-order valence-electron chi connectivity index (χ3n) is 5.13. The van der Waals surface area contributed by atoms with Gasteiger partial charge in [0, 0.05) is 6.04 Å². The molecule has 4 heteroatoms. The van der Waals surface area contributed by atoms with Crippen molar-refractivity contribution in [2.75, 3.05) is 0 Å². The topological polar surface area (TPSA) is 49.4 Å². The van der Waals surface area contributed by atoms with E-state index in [1.54, 1.807) is 0 Å². The van der Waals surface area contributed by atoms with Crippen LogP contribution in [0.3, 0.4) is 0 Å². The largest absolute Gasteiger partial charge is 0.343 e. The number of hydrogen-bond acceptors (Lipinski definition) is 2. The van der Waals surface area contributed by atoms with E-state index in [4.69, 9.17) is 0 Å². The van der Waals surface area contributed by atoms with Gasteiger partial charge in [-0.1, -0.05) is 32.6 Å². The molecule has 1 heterocycles. The van der Waals surface area contributed by atoms with Gasteiger partial charge in [-0.05, 0) is 38.0 Å². The molecule has 4 nitrogen and oxygen atoms in total. The van der Waals surface area contributed by atoms with Gasteiger partial charge >= 0.3 is 0 Å². The van der Waals surface area contributed by atoms with E-state index in [2.05, 4.69) is 5.32 Å². The standard InChI is InChI=1S/C16H26N2O2/c1-2-13-16(20)18(12-7-5-3-4-6-8-12)14(11-9-10-11)15(19)17-13/h11-14H,2-10H2,1H3,(H,17,19). The summed E-state index contributed by atoms with van der Waals surface area (Å²) in [6, 6.07) is -0.162. The molecule has 2 aliphatic carbocycles. The Kier molecular flexibility index (Phi) is 3.99. The van der Waals surface area contributed by atoms with E-state index in [1.807, 2.05) is 11.8 Å². The minimum absolute atomic E-state index is 0.100. The minimum Gasteiger partial charge on any atom is -0.343 e. The van der Waals surface area contributed by atoms with Crippen LogP contribution in [-0.2, 0) is 9.59 Å². The molecule has 1 saturated heterocycles. The molecule has 0 bridgehead atoms. The number of nitrogens with zero attached hydrogens (tertiary/aromatic N) is 1. The van der Waals surface area contributed by atoms with Crippen molar-refractivity contribution < 1.29 is 9.59 Å². The highest BCUT2D eigenvalue weighted by atomic mass is 16.2. The predicted molar refractivity (Wildman–Crippen MR) is 77.1 cm³/mol. The fourth-order valence-electron chi connectivity index (χ4n) is 3.84. The number of carbonyl (C=O) groups is 2. The van der Waals surface area contributed by atoms with Gasteiger partial charge in [0.05, 0.1) is 0 Å². The summed E-state index contributed by atoms with van der Waals surface area (Å²) >= 11 is 0. The fraction of sp³-hybridized carbons (Fsp3) is 0.875. The average Bonchev–Trinajstić information content (AvgIpc) is 3.26. The van der Waals surface area contributed by atoms with Crippen molar-refractivity contribution in [1.82, 2.24) is 10.2 Å². The van der Waals surface area contributed by atoms with Crippen molar-refractivity contribution in [1.29, 1.82) is 0 Å². The number of hydrogen-bond donors (Lipinski definition) is 1. The molecule has 2 amide bonds. The van der Waals surface area contributed by atoms with Gasteiger partial charge in [-0.25, -0.2) is 0 Å². The lowest BCUT2D eigenvalue weighted by molar-refractivity contribution is -0.153. The maximum Gasteiger partial charge on any atom is 0.246 e. The average molecular weight is 278 g/mol. The molecule has 20 heavy (non-hydrogen) atoms. The summed E-state index contributed by atoms with van der Waals surface area (Å²) in [6.07, 6.45) is 10.0. The van der Waals surface area contributed by atoms with Crippen LogP contribution in [0.2, 0.25) is 0 Å². The smallest absolute Gasteiger partial charge is 0.246 e. The zero-order valence-electron chi connectivity index (χ0n) is 12.4. The zero-order valence-corrected chi connectivity index (χ0v) is 12.4.